The molecule has 1 amide bonds. The van der Waals surface area contributed by atoms with Crippen LogP contribution in [0.4, 0.5) is 5.69 Å². The van der Waals surface area contributed by atoms with Crippen LogP contribution >= 0.6 is 11.6 Å². The average molecular weight is 295 g/mol. The quantitative estimate of drug-likeness (QED) is 0.917. The van der Waals surface area contributed by atoms with Gasteiger partial charge in [-0.15, -0.1) is 0 Å². The van der Waals surface area contributed by atoms with Crippen molar-refractivity contribution in [2.24, 2.45) is 11.8 Å². The van der Waals surface area contributed by atoms with Crippen molar-refractivity contribution >= 4 is 23.2 Å². The van der Waals surface area contributed by atoms with Crippen molar-refractivity contribution in [3.63, 3.8) is 0 Å². The minimum atomic E-state index is 0.0854. The molecule has 0 spiro atoms. The molecule has 1 aromatic carbocycles. The fourth-order valence-corrected chi connectivity index (χ4v) is 2.83. The second-order valence-electron chi connectivity index (χ2n) is 5.71. The number of benzene rings is 1. The fourth-order valence-electron chi connectivity index (χ4n) is 2.66. The smallest absolute Gasteiger partial charge is 0.256 e. The second-order valence-corrected chi connectivity index (χ2v) is 6.15. The second kappa shape index (κ2) is 6.49. The molecular weight excluding hydrogens is 272 g/mol. The first-order valence-electron chi connectivity index (χ1n) is 7.35. The Kier molecular flexibility index (Phi) is 4.92. The maximum absolute atomic E-state index is 12.7. The highest BCUT2D eigenvalue weighted by atomic mass is 35.5. The van der Waals surface area contributed by atoms with Crippen LogP contribution in [0.3, 0.4) is 0 Å². The molecule has 0 radical (unpaired) electrons. The van der Waals surface area contributed by atoms with Crippen molar-refractivity contribution in [3.05, 3.63) is 28.8 Å². The van der Waals surface area contributed by atoms with Gasteiger partial charge in [0.15, 0.2) is 0 Å². The van der Waals surface area contributed by atoms with Crippen LogP contribution in [0.25, 0.3) is 0 Å². The number of carbonyl (C=O) groups excluding carboxylic acids is 1. The van der Waals surface area contributed by atoms with Gasteiger partial charge in [-0.2, -0.15) is 0 Å². The number of hydrogen-bond acceptors (Lipinski definition) is 2. The van der Waals surface area contributed by atoms with E-state index in [1.54, 1.807) is 6.07 Å². The van der Waals surface area contributed by atoms with Gasteiger partial charge in [0.25, 0.3) is 5.91 Å². The van der Waals surface area contributed by atoms with E-state index in [0.29, 0.717) is 22.4 Å². The highest BCUT2D eigenvalue weighted by Gasteiger charge is 2.27. The molecule has 2 unspecified atom stereocenters. The molecule has 20 heavy (non-hydrogen) atoms. The number of carbonyl (C=O) groups is 1. The Bertz CT molecular complexity index is 489. The van der Waals surface area contributed by atoms with Gasteiger partial charge in [-0.1, -0.05) is 25.4 Å². The van der Waals surface area contributed by atoms with E-state index in [2.05, 4.69) is 19.2 Å². The first kappa shape index (κ1) is 15.2. The topological polar surface area (TPSA) is 32.3 Å². The van der Waals surface area contributed by atoms with Gasteiger partial charge in [0, 0.05) is 30.3 Å². The highest BCUT2D eigenvalue weighted by molar-refractivity contribution is 6.31. The summed E-state index contributed by atoms with van der Waals surface area (Å²) in [6.45, 7) is 8.95. The van der Waals surface area contributed by atoms with E-state index in [0.717, 1.165) is 31.7 Å². The summed E-state index contributed by atoms with van der Waals surface area (Å²) < 4.78 is 0. The molecule has 1 N–H and O–H groups in total. The van der Waals surface area contributed by atoms with Gasteiger partial charge in [-0.25, -0.2) is 0 Å². The van der Waals surface area contributed by atoms with E-state index in [-0.39, 0.29) is 5.91 Å². The molecule has 0 aliphatic carbocycles. The monoisotopic (exact) mass is 294 g/mol. The van der Waals surface area contributed by atoms with Crippen LogP contribution in [0, 0.1) is 11.8 Å². The Labute approximate surface area is 126 Å². The molecule has 3 nitrogen and oxygen atoms in total. The summed E-state index contributed by atoms with van der Waals surface area (Å²) in [4.78, 5) is 14.7. The number of rotatable bonds is 3. The molecule has 110 valence electrons. The number of likely N-dealkylation sites (tertiary alicyclic amines) is 1. The van der Waals surface area contributed by atoms with E-state index in [9.17, 15) is 4.79 Å². The number of halogens is 1. The zero-order chi connectivity index (χ0) is 14.7. The van der Waals surface area contributed by atoms with Crippen molar-refractivity contribution in [1.29, 1.82) is 0 Å². The van der Waals surface area contributed by atoms with Gasteiger partial charge >= 0.3 is 0 Å². The number of amides is 1. The summed E-state index contributed by atoms with van der Waals surface area (Å²) in [5.74, 6) is 1.32. The molecule has 4 heteroatoms. The summed E-state index contributed by atoms with van der Waals surface area (Å²) in [7, 11) is 0. The minimum absolute atomic E-state index is 0.0854. The molecular formula is C16H23ClN2O. The molecule has 1 aliphatic heterocycles. The van der Waals surface area contributed by atoms with Crippen molar-refractivity contribution < 1.29 is 4.79 Å². The van der Waals surface area contributed by atoms with Crippen molar-refractivity contribution in [1.82, 2.24) is 4.90 Å². The summed E-state index contributed by atoms with van der Waals surface area (Å²) in [5, 5.41) is 3.84. The molecule has 0 saturated carbocycles. The Morgan fingerprint density at radius 2 is 2.15 bits per heavy atom. The molecule has 1 fully saturated rings. The highest BCUT2D eigenvalue weighted by Crippen LogP contribution is 2.27. The lowest BCUT2D eigenvalue weighted by atomic mass is 9.88. The third-order valence-corrected chi connectivity index (χ3v) is 4.44. The molecule has 2 atom stereocenters. The Morgan fingerprint density at radius 3 is 2.80 bits per heavy atom. The summed E-state index contributed by atoms with van der Waals surface area (Å²) >= 11 is 6.05. The lowest BCUT2D eigenvalue weighted by molar-refractivity contribution is 0.0628. The van der Waals surface area contributed by atoms with Crippen LogP contribution in [0.2, 0.25) is 5.02 Å². The van der Waals surface area contributed by atoms with Gasteiger partial charge in [0.05, 0.1) is 5.56 Å². The number of piperidine rings is 1. The zero-order valence-electron chi connectivity index (χ0n) is 12.4. The third-order valence-electron chi connectivity index (χ3n) is 4.20. The molecule has 1 saturated heterocycles. The lowest BCUT2D eigenvalue weighted by Crippen LogP contribution is -2.42. The van der Waals surface area contributed by atoms with E-state index in [4.69, 9.17) is 11.6 Å². The zero-order valence-corrected chi connectivity index (χ0v) is 13.2. The van der Waals surface area contributed by atoms with Gasteiger partial charge in [-0.05, 0) is 43.4 Å². The predicted molar refractivity (Wildman–Crippen MR) is 84.5 cm³/mol. The Balaban J connectivity index is 2.22. The Hall–Kier alpha value is -1.22. The van der Waals surface area contributed by atoms with Crippen LogP contribution in [0.15, 0.2) is 18.2 Å². The maximum Gasteiger partial charge on any atom is 0.256 e. The minimum Gasteiger partial charge on any atom is -0.385 e. The van der Waals surface area contributed by atoms with Gasteiger partial charge in [0.1, 0.15) is 0 Å². The van der Waals surface area contributed by atoms with E-state index in [1.807, 2.05) is 24.0 Å². The number of hydrogen-bond donors (Lipinski definition) is 1. The fraction of sp³-hybridized carbons (Fsp3) is 0.562. The van der Waals surface area contributed by atoms with Crippen molar-refractivity contribution in [2.75, 3.05) is 25.0 Å². The standard InChI is InChI=1S/C16H23ClN2O/c1-4-18-15-6-5-13(17)9-14(15)16(20)19-8-7-11(2)12(3)10-19/h5-6,9,11-12,18H,4,7-8,10H2,1-3H3. The predicted octanol–water partition coefficient (Wildman–Crippen LogP) is 3.89. The first-order valence-corrected chi connectivity index (χ1v) is 7.73. The maximum atomic E-state index is 12.7. The normalized spacial score (nSPS) is 22.7. The van der Waals surface area contributed by atoms with Crippen LogP contribution in [-0.4, -0.2) is 30.4 Å². The third kappa shape index (κ3) is 3.26. The molecule has 1 aromatic rings. The van der Waals surface area contributed by atoms with Gasteiger partial charge in [0.2, 0.25) is 0 Å². The largest absolute Gasteiger partial charge is 0.385 e. The number of anilines is 1. The van der Waals surface area contributed by atoms with Crippen LogP contribution in [0.5, 0.6) is 0 Å². The molecule has 0 bridgehead atoms. The van der Waals surface area contributed by atoms with Crippen molar-refractivity contribution in [3.8, 4) is 0 Å². The number of nitrogens with one attached hydrogen (secondary N) is 1. The van der Waals surface area contributed by atoms with Crippen molar-refractivity contribution in [2.45, 2.75) is 27.2 Å². The van der Waals surface area contributed by atoms with Crippen LogP contribution in [-0.2, 0) is 0 Å². The van der Waals surface area contributed by atoms with E-state index < -0.39 is 0 Å². The van der Waals surface area contributed by atoms with Gasteiger partial charge in [-0.3, -0.25) is 4.79 Å². The lowest BCUT2D eigenvalue weighted by Gasteiger charge is -2.35. The molecule has 0 aromatic heterocycles. The number of nitrogens with zero attached hydrogens (tertiary/aromatic N) is 1. The Morgan fingerprint density at radius 1 is 1.40 bits per heavy atom. The summed E-state index contributed by atoms with van der Waals surface area (Å²) in [6.07, 6.45) is 1.07. The van der Waals surface area contributed by atoms with E-state index >= 15 is 0 Å². The van der Waals surface area contributed by atoms with Crippen LogP contribution in [0.1, 0.15) is 37.6 Å². The average Bonchev–Trinajstić information content (AvgIpc) is 2.43. The molecule has 1 heterocycles. The van der Waals surface area contributed by atoms with E-state index in [1.165, 1.54) is 0 Å². The summed E-state index contributed by atoms with van der Waals surface area (Å²) in [5.41, 5.74) is 1.55. The molecule has 2 rings (SSSR count). The SMILES string of the molecule is CCNc1ccc(Cl)cc1C(=O)N1CCC(C)C(C)C1. The summed E-state index contributed by atoms with van der Waals surface area (Å²) in [6, 6.07) is 5.47. The van der Waals surface area contributed by atoms with Gasteiger partial charge < -0.3 is 10.2 Å². The first-order chi connectivity index (χ1) is 9.52. The van der Waals surface area contributed by atoms with Crippen LogP contribution < -0.4 is 5.32 Å². The molecule has 1 aliphatic rings.